The lowest BCUT2D eigenvalue weighted by Crippen LogP contribution is -2.20. The van der Waals surface area contributed by atoms with Gasteiger partial charge in [-0.15, -0.1) is 11.3 Å². The lowest BCUT2D eigenvalue weighted by molar-refractivity contribution is -0.121. The van der Waals surface area contributed by atoms with Gasteiger partial charge in [0.2, 0.25) is 5.91 Å². The van der Waals surface area contributed by atoms with Crippen LogP contribution in [-0.4, -0.2) is 16.2 Å². The normalized spacial score (nSPS) is 12.0. The lowest BCUT2D eigenvalue weighted by atomic mass is 10.2. The van der Waals surface area contributed by atoms with E-state index in [0.717, 1.165) is 25.4 Å². The number of carbonyl (C=O) groups is 1. The summed E-state index contributed by atoms with van der Waals surface area (Å²) in [6.07, 6.45) is 0.369. The molecule has 0 aliphatic rings. The first-order valence-corrected chi connectivity index (χ1v) is 10.3. The Kier molecular flexibility index (Phi) is 5.09. The van der Waals surface area contributed by atoms with Crippen LogP contribution < -0.4 is 5.43 Å². The number of carbonyl (C=O) groups excluding carboxylic acids is 1. The molecule has 4 nitrogen and oxygen atoms in total. The van der Waals surface area contributed by atoms with Gasteiger partial charge < -0.3 is 4.57 Å². The van der Waals surface area contributed by atoms with E-state index in [4.69, 9.17) is 0 Å². The van der Waals surface area contributed by atoms with Crippen LogP contribution in [0.5, 0.6) is 0 Å². The number of fused-ring (bicyclic) bond motifs is 3. The monoisotopic (exact) mass is 439 g/mol. The van der Waals surface area contributed by atoms with Crippen molar-refractivity contribution in [3.05, 3.63) is 69.3 Å². The standard InChI is InChI=1S/C21H18BrN3OS/c1-14(19-10-11-20(22)27-19)23-24-21(26)12-13-25-17-8-4-2-6-15(17)16-7-3-5-9-18(16)25/h2-11H,12-13H2,1H3,(H,24,26). The van der Waals surface area contributed by atoms with E-state index >= 15 is 0 Å². The minimum Gasteiger partial charge on any atom is -0.340 e. The van der Waals surface area contributed by atoms with Crippen LogP contribution in [0.1, 0.15) is 18.2 Å². The van der Waals surface area contributed by atoms with Gasteiger partial charge in [-0.1, -0.05) is 36.4 Å². The van der Waals surface area contributed by atoms with Crippen LogP contribution in [0.15, 0.2) is 69.6 Å². The Morgan fingerprint density at radius 2 is 1.67 bits per heavy atom. The highest BCUT2D eigenvalue weighted by molar-refractivity contribution is 9.11. The number of para-hydroxylation sites is 2. The summed E-state index contributed by atoms with van der Waals surface area (Å²) in [5.41, 5.74) is 5.77. The predicted octanol–water partition coefficient (Wildman–Crippen LogP) is 5.55. The minimum atomic E-state index is -0.0909. The Bertz CT molecular complexity index is 1110. The molecule has 0 fully saturated rings. The highest BCUT2D eigenvalue weighted by Crippen LogP contribution is 2.28. The number of nitrogens with one attached hydrogen (secondary N) is 1. The maximum atomic E-state index is 12.3. The third kappa shape index (κ3) is 3.68. The number of rotatable bonds is 5. The fourth-order valence-corrected chi connectivity index (χ4v) is 4.55. The van der Waals surface area contributed by atoms with Crippen LogP contribution in [0.4, 0.5) is 0 Å². The van der Waals surface area contributed by atoms with Crippen LogP contribution >= 0.6 is 27.3 Å². The number of aromatic nitrogens is 1. The largest absolute Gasteiger partial charge is 0.340 e. The van der Waals surface area contributed by atoms with Gasteiger partial charge in [0.25, 0.3) is 0 Å². The van der Waals surface area contributed by atoms with Gasteiger partial charge in [-0.3, -0.25) is 4.79 Å². The number of halogens is 1. The number of hydrazone groups is 1. The first-order valence-electron chi connectivity index (χ1n) is 8.68. The zero-order valence-electron chi connectivity index (χ0n) is 14.8. The van der Waals surface area contributed by atoms with Crippen molar-refractivity contribution in [3.63, 3.8) is 0 Å². The number of amides is 1. The molecule has 6 heteroatoms. The molecule has 1 N–H and O–H groups in total. The van der Waals surface area contributed by atoms with E-state index in [-0.39, 0.29) is 5.91 Å². The Labute approximate surface area is 169 Å². The maximum Gasteiger partial charge on any atom is 0.241 e. The molecule has 0 spiro atoms. The molecule has 1 amide bonds. The SMILES string of the molecule is CC(=NNC(=O)CCn1c2ccccc2c2ccccc21)c1ccc(Br)s1. The number of benzene rings is 2. The summed E-state index contributed by atoms with van der Waals surface area (Å²) in [5, 5.41) is 6.66. The van der Waals surface area contributed by atoms with Crippen molar-refractivity contribution in [1.82, 2.24) is 9.99 Å². The quantitative estimate of drug-likeness (QED) is 0.321. The molecular weight excluding hydrogens is 422 g/mol. The molecule has 0 aliphatic heterocycles. The van der Waals surface area contributed by atoms with Crippen LogP contribution in [0.2, 0.25) is 0 Å². The summed E-state index contributed by atoms with van der Waals surface area (Å²) in [6.45, 7) is 2.50. The van der Waals surface area contributed by atoms with Gasteiger partial charge in [-0.05, 0) is 47.1 Å². The van der Waals surface area contributed by atoms with Crippen molar-refractivity contribution in [2.75, 3.05) is 0 Å². The molecule has 27 heavy (non-hydrogen) atoms. The topological polar surface area (TPSA) is 46.4 Å². The highest BCUT2D eigenvalue weighted by atomic mass is 79.9. The number of nitrogens with zero attached hydrogens (tertiary/aromatic N) is 2. The van der Waals surface area contributed by atoms with Crippen molar-refractivity contribution >= 4 is 60.7 Å². The molecular formula is C21H18BrN3OS. The Morgan fingerprint density at radius 1 is 1.04 bits per heavy atom. The summed E-state index contributed by atoms with van der Waals surface area (Å²) >= 11 is 5.03. The third-order valence-electron chi connectivity index (χ3n) is 4.52. The Balaban J connectivity index is 1.50. The van der Waals surface area contributed by atoms with Gasteiger partial charge in [0.15, 0.2) is 0 Å². The van der Waals surface area contributed by atoms with E-state index in [1.165, 1.54) is 10.8 Å². The number of hydrogen-bond acceptors (Lipinski definition) is 3. The van der Waals surface area contributed by atoms with Gasteiger partial charge in [0.05, 0.1) is 14.4 Å². The van der Waals surface area contributed by atoms with Crippen LogP contribution in [0.25, 0.3) is 21.8 Å². The van der Waals surface area contributed by atoms with Crippen molar-refractivity contribution in [3.8, 4) is 0 Å². The molecule has 0 unspecified atom stereocenters. The predicted molar refractivity (Wildman–Crippen MR) is 116 cm³/mol. The van der Waals surface area contributed by atoms with Crippen LogP contribution in [-0.2, 0) is 11.3 Å². The molecule has 136 valence electrons. The average molecular weight is 440 g/mol. The maximum absolute atomic E-state index is 12.3. The molecule has 2 heterocycles. The summed E-state index contributed by atoms with van der Waals surface area (Å²) < 4.78 is 3.25. The van der Waals surface area contributed by atoms with E-state index in [1.807, 2.05) is 43.3 Å². The number of hydrogen-bond donors (Lipinski definition) is 1. The smallest absolute Gasteiger partial charge is 0.241 e. The third-order valence-corrected chi connectivity index (χ3v) is 6.25. The van der Waals surface area contributed by atoms with E-state index in [9.17, 15) is 4.79 Å². The van der Waals surface area contributed by atoms with Crippen molar-refractivity contribution < 1.29 is 4.79 Å². The first-order chi connectivity index (χ1) is 13.1. The zero-order chi connectivity index (χ0) is 18.8. The molecule has 0 radical (unpaired) electrons. The molecule has 0 saturated heterocycles. The minimum absolute atomic E-state index is 0.0909. The molecule has 0 aliphatic carbocycles. The van der Waals surface area contributed by atoms with Crippen molar-refractivity contribution in [1.29, 1.82) is 0 Å². The van der Waals surface area contributed by atoms with Gasteiger partial charge in [-0.2, -0.15) is 5.10 Å². The van der Waals surface area contributed by atoms with E-state index in [0.29, 0.717) is 13.0 Å². The number of thiophene rings is 1. The van der Waals surface area contributed by atoms with Crippen molar-refractivity contribution in [2.24, 2.45) is 5.10 Å². The highest BCUT2D eigenvalue weighted by Gasteiger charge is 2.11. The second kappa shape index (κ2) is 7.66. The summed E-state index contributed by atoms with van der Waals surface area (Å²) in [5.74, 6) is -0.0909. The Hall–Kier alpha value is -2.44. The average Bonchev–Trinajstić information content (AvgIpc) is 3.26. The van der Waals surface area contributed by atoms with Gasteiger partial charge in [-0.25, -0.2) is 5.43 Å². The summed E-state index contributed by atoms with van der Waals surface area (Å²) in [6, 6.07) is 20.6. The summed E-state index contributed by atoms with van der Waals surface area (Å²) in [7, 11) is 0. The van der Waals surface area contributed by atoms with Gasteiger partial charge in [0.1, 0.15) is 0 Å². The molecule has 4 rings (SSSR count). The first kappa shape index (κ1) is 17.9. The second-order valence-electron chi connectivity index (χ2n) is 6.27. The van der Waals surface area contributed by atoms with Crippen LogP contribution in [0, 0.1) is 0 Å². The van der Waals surface area contributed by atoms with Gasteiger partial charge in [0, 0.05) is 34.8 Å². The van der Waals surface area contributed by atoms with Gasteiger partial charge >= 0.3 is 0 Å². The molecule has 0 bridgehead atoms. The number of aryl methyl sites for hydroxylation is 1. The molecule has 2 aromatic carbocycles. The van der Waals surface area contributed by atoms with Crippen LogP contribution in [0.3, 0.4) is 0 Å². The fraction of sp³-hybridized carbons (Fsp3) is 0.143. The fourth-order valence-electron chi connectivity index (χ4n) is 3.22. The second-order valence-corrected chi connectivity index (χ2v) is 8.73. The van der Waals surface area contributed by atoms with E-state index in [2.05, 4.69) is 55.3 Å². The lowest BCUT2D eigenvalue weighted by Gasteiger charge is -2.07. The Morgan fingerprint density at radius 3 is 2.26 bits per heavy atom. The molecule has 4 aromatic rings. The molecule has 2 aromatic heterocycles. The molecule has 0 atom stereocenters. The zero-order valence-corrected chi connectivity index (χ0v) is 17.2. The van der Waals surface area contributed by atoms with E-state index in [1.54, 1.807) is 11.3 Å². The molecule has 0 saturated carbocycles. The van der Waals surface area contributed by atoms with E-state index < -0.39 is 0 Å². The van der Waals surface area contributed by atoms with Crippen molar-refractivity contribution in [2.45, 2.75) is 19.9 Å². The summed E-state index contributed by atoms with van der Waals surface area (Å²) in [4.78, 5) is 13.3.